The average Bonchev–Trinajstić information content (AvgIpc) is 2.36. The number of hydrogen-bond acceptors (Lipinski definition) is 4. The minimum Gasteiger partial charge on any atom is -0.444 e. The van der Waals surface area contributed by atoms with Crippen LogP contribution < -0.4 is 16.0 Å². The zero-order valence-electron chi connectivity index (χ0n) is 14.8. The molecule has 0 bridgehead atoms. The van der Waals surface area contributed by atoms with Crippen molar-refractivity contribution in [3.05, 3.63) is 0 Å². The van der Waals surface area contributed by atoms with Crippen molar-refractivity contribution in [2.45, 2.75) is 40.2 Å². The van der Waals surface area contributed by atoms with Gasteiger partial charge in [-0.25, -0.2) is 4.79 Å². The Morgan fingerprint density at radius 1 is 1.22 bits per heavy atom. The molecule has 0 spiro atoms. The quantitative estimate of drug-likeness (QED) is 0.253. The fourth-order valence-electron chi connectivity index (χ4n) is 1.81. The fraction of sp³-hybridized carbons (Fsp3) is 0.867. The van der Waals surface area contributed by atoms with E-state index in [-0.39, 0.29) is 29.4 Å². The maximum absolute atomic E-state index is 11.5. The van der Waals surface area contributed by atoms with Crippen LogP contribution in [0.4, 0.5) is 4.79 Å². The highest BCUT2D eigenvalue weighted by Crippen LogP contribution is 2.26. The third-order valence-corrected chi connectivity index (χ3v) is 2.95. The van der Waals surface area contributed by atoms with Crippen LogP contribution in [-0.2, 0) is 9.47 Å². The molecule has 1 heterocycles. The SMILES string of the molecule is CCNC(=NCC1(C)COC1)NCCNC(=O)OC(C)(C)C.I. The monoisotopic (exact) mass is 442 g/mol. The Bertz CT molecular complexity index is 393. The molecule has 0 aromatic heterocycles. The number of halogens is 1. The summed E-state index contributed by atoms with van der Waals surface area (Å²) >= 11 is 0. The first kappa shape index (κ1) is 22.2. The second-order valence-electron chi connectivity index (χ2n) is 6.85. The topological polar surface area (TPSA) is 84.0 Å². The normalized spacial score (nSPS) is 16.7. The molecule has 0 aromatic rings. The number of aliphatic imine (C=N–C) groups is 1. The molecule has 1 rings (SSSR count). The van der Waals surface area contributed by atoms with Crippen molar-refractivity contribution in [3.63, 3.8) is 0 Å². The number of carbonyl (C=O) groups excluding carboxylic acids is 1. The molecule has 0 aliphatic carbocycles. The van der Waals surface area contributed by atoms with E-state index in [9.17, 15) is 4.79 Å². The minimum atomic E-state index is -0.478. The second-order valence-corrected chi connectivity index (χ2v) is 6.85. The Kier molecular flexibility index (Phi) is 9.83. The first-order valence-electron chi connectivity index (χ1n) is 7.81. The van der Waals surface area contributed by atoms with E-state index in [1.165, 1.54) is 0 Å². The highest BCUT2D eigenvalue weighted by molar-refractivity contribution is 14.0. The molecular weight excluding hydrogens is 411 g/mol. The summed E-state index contributed by atoms with van der Waals surface area (Å²) in [6.45, 7) is 13.8. The summed E-state index contributed by atoms with van der Waals surface area (Å²) in [5.74, 6) is 0.751. The lowest BCUT2D eigenvalue weighted by Gasteiger charge is -2.36. The molecule has 0 atom stereocenters. The Balaban J connectivity index is 0.00000484. The highest BCUT2D eigenvalue weighted by atomic mass is 127. The number of rotatable bonds is 6. The predicted octanol–water partition coefficient (Wildman–Crippen LogP) is 1.72. The number of amides is 1. The number of hydrogen-bond donors (Lipinski definition) is 3. The van der Waals surface area contributed by atoms with Crippen LogP contribution in [0, 0.1) is 5.41 Å². The number of nitrogens with one attached hydrogen (secondary N) is 3. The lowest BCUT2D eigenvalue weighted by Crippen LogP contribution is -2.45. The van der Waals surface area contributed by atoms with Crippen LogP contribution >= 0.6 is 24.0 Å². The van der Waals surface area contributed by atoms with Crippen molar-refractivity contribution < 1.29 is 14.3 Å². The van der Waals surface area contributed by atoms with Crippen LogP contribution in [0.15, 0.2) is 4.99 Å². The summed E-state index contributed by atoms with van der Waals surface area (Å²) in [6, 6.07) is 0. The Morgan fingerprint density at radius 2 is 1.83 bits per heavy atom. The van der Waals surface area contributed by atoms with E-state index in [0.29, 0.717) is 13.1 Å². The number of ether oxygens (including phenoxy) is 2. The Hall–Kier alpha value is -0.770. The molecule has 0 aromatic carbocycles. The van der Waals surface area contributed by atoms with Crippen molar-refractivity contribution in [2.24, 2.45) is 10.4 Å². The molecule has 1 aliphatic rings. The van der Waals surface area contributed by atoms with Gasteiger partial charge in [0.05, 0.1) is 19.8 Å². The third kappa shape index (κ3) is 9.85. The minimum absolute atomic E-state index is 0. The average molecular weight is 442 g/mol. The zero-order valence-corrected chi connectivity index (χ0v) is 17.2. The number of nitrogens with zero attached hydrogens (tertiary/aromatic N) is 1. The van der Waals surface area contributed by atoms with Crippen molar-refractivity contribution >= 4 is 36.0 Å². The van der Waals surface area contributed by atoms with E-state index in [0.717, 1.165) is 32.3 Å². The molecule has 0 unspecified atom stereocenters. The van der Waals surface area contributed by atoms with Gasteiger partial charge in [-0.1, -0.05) is 6.92 Å². The first-order valence-corrected chi connectivity index (χ1v) is 7.81. The van der Waals surface area contributed by atoms with Gasteiger partial charge in [-0.05, 0) is 27.7 Å². The summed E-state index contributed by atoms with van der Waals surface area (Å²) in [5, 5.41) is 9.08. The van der Waals surface area contributed by atoms with E-state index < -0.39 is 11.7 Å². The predicted molar refractivity (Wildman–Crippen MR) is 103 cm³/mol. The van der Waals surface area contributed by atoms with Gasteiger partial charge in [0.2, 0.25) is 0 Å². The molecule has 8 heteroatoms. The lowest BCUT2D eigenvalue weighted by atomic mass is 9.89. The van der Waals surface area contributed by atoms with Gasteiger partial charge in [0.1, 0.15) is 5.60 Å². The van der Waals surface area contributed by atoms with Gasteiger partial charge in [0.25, 0.3) is 0 Å². The molecular formula is C15H31IN4O3. The fourth-order valence-corrected chi connectivity index (χ4v) is 1.81. The van der Waals surface area contributed by atoms with Crippen molar-refractivity contribution in [2.75, 3.05) is 39.4 Å². The number of guanidine groups is 1. The Labute approximate surface area is 156 Å². The van der Waals surface area contributed by atoms with Gasteiger partial charge >= 0.3 is 6.09 Å². The molecule has 1 fully saturated rings. The van der Waals surface area contributed by atoms with Crippen molar-refractivity contribution in [1.29, 1.82) is 0 Å². The molecule has 23 heavy (non-hydrogen) atoms. The molecule has 1 amide bonds. The largest absolute Gasteiger partial charge is 0.444 e. The van der Waals surface area contributed by atoms with Crippen LogP contribution in [-0.4, -0.2) is 57.0 Å². The molecule has 136 valence electrons. The van der Waals surface area contributed by atoms with Crippen LogP contribution in [0.3, 0.4) is 0 Å². The summed E-state index contributed by atoms with van der Waals surface area (Å²) in [7, 11) is 0. The van der Waals surface area contributed by atoms with Gasteiger partial charge in [-0.15, -0.1) is 24.0 Å². The van der Waals surface area contributed by atoms with Crippen LogP contribution in [0.5, 0.6) is 0 Å². The molecule has 0 saturated carbocycles. The summed E-state index contributed by atoms with van der Waals surface area (Å²) < 4.78 is 10.4. The second kappa shape index (κ2) is 10.2. The van der Waals surface area contributed by atoms with Crippen LogP contribution in [0.2, 0.25) is 0 Å². The molecule has 3 N–H and O–H groups in total. The van der Waals surface area contributed by atoms with E-state index >= 15 is 0 Å². The highest BCUT2D eigenvalue weighted by Gasteiger charge is 2.33. The van der Waals surface area contributed by atoms with E-state index in [4.69, 9.17) is 9.47 Å². The van der Waals surface area contributed by atoms with E-state index in [1.807, 2.05) is 27.7 Å². The first-order chi connectivity index (χ1) is 10.2. The van der Waals surface area contributed by atoms with E-state index in [2.05, 4.69) is 27.9 Å². The van der Waals surface area contributed by atoms with Gasteiger partial charge in [0.15, 0.2) is 5.96 Å². The van der Waals surface area contributed by atoms with Crippen molar-refractivity contribution in [3.8, 4) is 0 Å². The van der Waals surface area contributed by atoms with Gasteiger partial charge in [0, 0.05) is 25.0 Å². The Morgan fingerprint density at radius 3 is 2.30 bits per heavy atom. The zero-order chi connectivity index (χ0) is 16.6. The summed E-state index contributed by atoms with van der Waals surface area (Å²) in [6.07, 6.45) is -0.407. The lowest BCUT2D eigenvalue weighted by molar-refractivity contribution is -0.0945. The number of alkyl carbamates (subject to hydrolysis) is 1. The van der Waals surface area contributed by atoms with Crippen LogP contribution in [0.1, 0.15) is 34.6 Å². The maximum Gasteiger partial charge on any atom is 0.407 e. The van der Waals surface area contributed by atoms with Gasteiger partial charge < -0.3 is 25.4 Å². The van der Waals surface area contributed by atoms with Crippen molar-refractivity contribution in [1.82, 2.24) is 16.0 Å². The smallest absolute Gasteiger partial charge is 0.407 e. The van der Waals surface area contributed by atoms with Crippen LogP contribution in [0.25, 0.3) is 0 Å². The molecule has 1 saturated heterocycles. The number of carbonyl (C=O) groups is 1. The molecule has 1 aliphatic heterocycles. The standard InChI is InChI=1S/C15H30N4O3.HI/c1-6-16-12(19-9-15(5)10-21-11-15)17-7-8-18-13(20)22-14(2,3)4;/h6-11H2,1-5H3,(H,18,20)(H2,16,17,19);1H. The summed E-state index contributed by atoms with van der Waals surface area (Å²) in [4.78, 5) is 16.1. The van der Waals surface area contributed by atoms with E-state index in [1.54, 1.807) is 0 Å². The maximum atomic E-state index is 11.5. The molecule has 0 radical (unpaired) electrons. The van der Waals surface area contributed by atoms with Gasteiger partial charge in [-0.3, -0.25) is 4.99 Å². The third-order valence-electron chi connectivity index (χ3n) is 2.95. The summed E-state index contributed by atoms with van der Waals surface area (Å²) in [5.41, 5.74) is -0.328. The molecule has 7 nitrogen and oxygen atoms in total. The van der Waals surface area contributed by atoms with Gasteiger partial charge in [-0.2, -0.15) is 0 Å².